The molecule has 0 aliphatic rings. The Labute approximate surface area is 119 Å². The van der Waals surface area contributed by atoms with Gasteiger partial charge < -0.3 is 10.4 Å². The molecule has 2 rings (SSSR count). The summed E-state index contributed by atoms with van der Waals surface area (Å²) in [6.45, 7) is 0. The number of carbonyl (C=O) groups excluding carboxylic acids is 1. The highest BCUT2D eigenvalue weighted by molar-refractivity contribution is 6.04. The molecule has 0 fully saturated rings. The SMILES string of the molecule is O=C(O)Cc1ccc(NC(=O)c2cc(F)cc(F)c2)cc1. The summed E-state index contributed by atoms with van der Waals surface area (Å²) in [6.07, 6.45) is -0.122. The molecule has 0 atom stereocenters. The molecule has 0 aromatic heterocycles. The third-order valence-corrected chi connectivity index (χ3v) is 2.69. The molecule has 6 heteroatoms. The average Bonchev–Trinajstić information content (AvgIpc) is 2.39. The molecule has 0 radical (unpaired) electrons. The van der Waals surface area contributed by atoms with Crippen molar-refractivity contribution in [3.63, 3.8) is 0 Å². The zero-order valence-electron chi connectivity index (χ0n) is 10.8. The highest BCUT2D eigenvalue weighted by Gasteiger charge is 2.09. The second-order valence-corrected chi connectivity index (χ2v) is 4.38. The number of rotatable bonds is 4. The number of carboxylic acid groups (broad SMARTS) is 1. The molecular weight excluding hydrogens is 280 g/mol. The van der Waals surface area contributed by atoms with E-state index in [-0.39, 0.29) is 12.0 Å². The molecule has 4 nitrogen and oxygen atoms in total. The quantitative estimate of drug-likeness (QED) is 0.910. The third-order valence-electron chi connectivity index (χ3n) is 2.69. The van der Waals surface area contributed by atoms with Gasteiger partial charge in [0.15, 0.2) is 0 Å². The first-order valence-corrected chi connectivity index (χ1v) is 6.02. The van der Waals surface area contributed by atoms with Crippen LogP contribution in [0.25, 0.3) is 0 Å². The van der Waals surface area contributed by atoms with Crippen molar-refractivity contribution < 1.29 is 23.5 Å². The number of benzene rings is 2. The lowest BCUT2D eigenvalue weighted by Crippen LogP contribution is -2.12. The Bertz CT molecular complexity index is 664. The molecule has 1 amide bonds. The molecule has 0 bridgehead atoms. The zero-order valence-corrected chi connectivity index (χ0v) is 10.8. The minimum atomic E-state index is -0.956. The largest absolute Gasteiger partial charge is 0.481 e. The summed E-state index contributed by atoms with van der Waals surface area (Å²) in [5.41, 5.74) is 0.846. The fourth-order valence-corrected chi connectivity index (χ4v) is 1.77. The van der Waals surface area contributed by atoms with Crippen LogP contribution in [0.2, 0.25) is 0 Å². The van der Waals surface area contributed by atoms with Gasteiger partial charge >= 0.3 is 5.97 Å². The highest BCUT2D eigenvalue weighted by Crippen LogP contribution is 2.13. The lowest BCUT2D eigenvalue weighted by molar-refractivity contribution is -0.136. The average molecular weight is 291 g/mol. The first-order chi connectivity index (χ1) is 9.94. The zero-order chi connectivity index (χ0) is 15.4. The first kappa shape index (κ1) is 14.6. The Balaban J connectivity index is 2.10. The van der Waals surface area contributed by atoms with Crippen LogP contribution in [0.3, 0.4) is 0 Å². The summed E-state index contributed by atoms with van der Waals surface area (Å²) in [5, 5.41) is 11.1. The number of carbonyl (C=O) groups is 2. The summed E-state index contributed by atoms with van der Waals surface area (Å²) in [6, 6.07) is 8.68. The predicted molar refractivity (Wildman–Crippen MR) is 72.1 cm³/mol. The number of nitrogens with one attached hydrogen (secondary N) is 1. The van der Waals surface area contributed by atoms with Crippen molar-refractivity contribution in [1.82, 2.24) is 0 Å². The standard InChI is InChI=1S/C15H11F2NO3/c16-11-6-10(7-12(17)8-11)15(21)18-13-3-1-9(2-4-13)5-14(19)20/h1-4,6-8H,5H2,(H,18,21)(H,19,20). The Morgan fingerprint density at radius 1 is 1.00 bits per heavy atom. The van der Waals surface area contributed by atoms with Crippen LogP contribution in [0.15, 0.2) is 42.5 Å². The van der Waals surface area contributed by atoms with Crippen LogP contribution in [0.1, 0.15) is 15.9 Å². The van der Waals surface area contributed by atoms with Crippen LogP contribution in [0.5, 0.6) is 0 Å². The molecule has 2 aromatic carbocycles. The number of hydrogen-bond donors (Lipinski definition) is 2. The number of halogens is 2. The molecule has 0 aliphatic carbocycles. The molecule has 2 aromatic rings. The number of carboxylic acids is 1. The van der Waals surface area contributed by atoms with Gasteiger partial charge in [-0.2, -0.15) is 0 Å². The van der Waals surface area contributed by atoms with E-state index in [2.05, 4.69) is 5.32 Å². The van der Waals surface area contributed by atoms with Gasteiger partial charge in [0, 0.05) is 17.3 Å². The molecule has 0 spiro atoms. The Morgan fingerprint density at radius 2 is 1.57 bits per heavy atom. The van der Waals surface area contributed by atoms with Crippen molar-refractivity contribution in [2.24, 2.45) is 0 Å². The van der Waals surface area contributed by atoms with E-state index < -0.39 is 23.5 Å². The number of anilines is 1. The van der Waals surface area contributed by atoms with E-state index in [0.717, 1.165) is 12.1 Å². The highest BCUT2D eigenvalue weighted by atomic mass is 19.1. The van der Waals surface area contributed by atoms with Gasteiger partial charge in [-0.15, -0.1) is 0 Å². The summed E-state index contributed by atoms with van der Waals surface area (Å²) in [5.74, 6) is -3.28. The smallest absolute Gasteiger partial charge is 0.307 e. The summed E-state index contributed by atoms with van der Waals surface area (Å²) in [7, 11) is 0. The second-order valence-electron chi connectivity index (χ2n) is 4.38. The fraction of sp³-hybridized carbons (Fsp3) is 0.0667. The maximum atomic E-state index is 13.0. The van der Waals surface area contributed by atoms with Crippen molar-refractivity contribution in [2.45, 2.75) is 6.42 Å². The van der Waals surface area contributed by atoms with Gasteiger partial charge in [-0.3, -0.25) is 9.59 Å². The predicted octanol–water partition coefficient (Wildman–Crippen LogP) is 2.84. The van der Waals surface area contributed by atoms with Gasteiger partial charge in [0.2, 0.25) is 0 Å². The molecular formula is C15H11F2NO3. The van der Waals surface area contributed by atoms with Gasteiger partial charge in [-0.1, -0.05) is 12.1 Å². The number of aliphatic carboxylic acids is 1. The molecule has 2 N–H and O–H groups in total. The van der Waals surface area contributed by atoms with Crippen molar-refractivity contribution in [3.05, 3.63) is 65.2 Å². The van der Waals surface area contributed by atoms with Crippen LogP contribution in [-0.4, -0.2) is 17.0 Å². The van der Waals surface area contributed by atoms with Crippen molar-refractivity contribution in [2.75, 3.05) is 5.32 Å². The van der Waals surface area contributed by atoms with E-state index in [1.54, 1.807) is 12.1 Å². The number of amides is 1. The van der Waals surface area contributed by atoms with Gasteiger partial charge in [0.1, 0.15) is 11.6 Å². The number of hydrogen-bond acceptors (Lipinski definition) is 2. The lowest BCUT2D eigenvalue weighted by atomic mass is 10.1. The Morgan fingerprint density at radius 3 is 2.10 bits per heavy atom. The first-order valence-electron chi connectivity index (χ1n) is 6.02. The molecule has 0 saturated carbocycles. The van der Waals surface area contributed by atoms with Gasteiger partial charge in [0.05, 0.1) is 6.42 Å². The molecule has 0 heterocycles. The normalized spacial score (nSPS) is 10.2. The second kappa shape index (κ2) is 6.13. The van der Waals surface area contributed by atoms with E-state index in [1.165, 1.54) is 12.1 Å². The van der Waals surface area contributed by atoms with E-state index >= 15 is 0 Å². The van der Waals surface area contributed by atoms with Crippen molar-refractivity contribution >= 4 is 17.6 Å². The summed E-state index contributed by atoms with van der Waals surface area (Å²) >= 11 is 0. The van der Waals surface area contributed by atoms with Crippen LogP contribution in [0.4, 0.5) is 14.5 Å². The van der Waals surface area contributed by atoms with Crippen LogP contribution < -0.4 is 5.32 Å². The third kappa shape index (κ3) is 4.10. The van der Waals surface area contributed by atoms with Gasteiger partial charge in [0.25, 0.3) is 5.91 Å². The molecule has 0 unspecified atom stereocenters. The maximum absolute atomic E-state index is 13.0. The van der Waals surface area contributed by atoms with Gasteiger partial charge in [-0.05, 0) is 29.8 Å². The van der Waals surface area contributed by atoms with E-state index in [9.17, 15) is 18.4 Å². The summed E-state index contributed by atoms with van der Waals surface area (Å²) < 4.78 is 26.1. The van der Waals surface area contributed by atoms with Crippen LogP contribution >= 0.6 is 0 Å². The lowest BCUT2D eigenvalue weighted by Gasteiger charge is -2.06. The maximum Gasteiger partial charge on any atom is 0.307 e. The minimum absolute atomic E-state index is 0.122. The molecule has 0 saturated heterocycles. The molecule has 0 aliphatic heterocycles. The van der Waals surface area contributed by atoms with Crippen molar-refractivity contribution in [3.8, 4) is 0 Å². The van der Waals surface area contributed by atoms with E-state index in [1.807, 2.05) is 0 Å². The van der Waals surface area contributed by atoms with E-state index in [4.69, 9.17) is 5.11 Å². The Hall–Kier alpha value is -2.76. The fourth-order valence-electron chi connectivity index (χ4n) is 1.77. The minimum Gasteiger partial charge on any atom is -0.481 e. The molecule has 108 valence electrons. The van der Waals surface area contributed by atoms with Crippen molar-refractivity contribution in [1.29, 1.82) is 0 Å². The monoisotopic (exact) mass is 291 g/mol. The van der Waals surface area contributed by atoms with E-state index in [0.29, 0.717) is 17.3 Å². The topological polar surface area (TPSA) is 66.4 Å². The van der Waals surface area contributed by atoms with Crippen LogP contribution in [-0.2, 0) is 11.2 Å². The summed E-state index contributed by atoms with van der Waals surface area (Å²) in [4.78, 5) is 22.4. The Kier molecular flexibility index (Phi) is 4.27. The van der Waals surface area contributed by atoms with Crippen LogP contribution in [0, 0.1) is 11.6 Å². The van der Waals surface area contributed by atoms with Gasteiger partial charge in [-0.25, -0.2) is 8.78 Å². The molecule has 21 heavy (non-hydrogen) atoms.